The highest BCUT2D eigenvalue weighted by atomic mass is 16.5. The van der Waals surface area contributed by atoms with Crippen molar-refractivity contribution in [3.05, 3.63) is 0 Å². The van der Waals surface area contributed by atoms with E-state index in [1.807, 2.05) is 20.8 Å². The molecule has 1 saturated carbocycles. The van der Waals surface area contributed by atoms with E-state index < -0.39 is 0 Å². The van der Waals surface area contributed by atoms with Gasteiger partial charge in [0.15, 0.2) is 0 Å². The Bertz CT molecular complexity index is 419. The Morgan fingerprint density at radius 2 is 1.84 bits per heavy atom. The maximum atomic E-state index is 5.56. The van der Waals surface area contributed by atoms with Crippen LogP contribution in [0.4, 0.5) is 11.9 Å². The lowest BCUT2D eigenvalue weighted by Crippen LogP contribution is -2.21. The van der Waals surface area contributed by atoms with Crippen molar-refractivity contribution in [3.63, 3.8) is 0 Å². The molecule has 1 aromatic rings. The molecular formula is C13H23N5O. The molecule has 0 aliphatic heterocycles. The van der Waals surface area contributed by atoms with Crippen molar-refractivity contribution in [2.24, 2.45) is 5.92 Å². The molecule has 0 radical (unpaired) electrons. The number of anilines is 2. The highest BCUT2D eigenvalue weighted by Gasteiger charge is 2.28. The summed E-state index contributed by atoms with van der Waals surface area (Å²) in [5.74, 6) is 1.88. The monoisotopic (exact) mass is 265 g/mol. The van der Waals surface area contributed by atoms with Gasteiger partial charge in [-0.2, -0.15) is 15.0 Å². The van der Waals surface area contributed by atoms with Crippen LogP contribution in [0.3, 0.4) is 0 Å². The molecule has 1 atom stereocenters. The van der Waals surface area contributed by atoms with Gasteiger partial charge in [0.05, 0.1) is 6.10 Å². The molecule has 1 unspecified atom stereocenters. The molecule has 2 rings (SSSR count). The lowest BCUT2D eigenvalue weighted by atomic mass is 10.2. The van der Waals surface area contributed by atoms with Crippen LogP contribution < -0.4 is 15.4 Å². The molecule has 1 aliphatic rings. The SMILES string of the molecule is CCNc1nc(NC(C)C2CC2)nc(OC(C)C)n1. The quantitative estimate of drug-likeness (QED) is 0.788. The molecule has 0 spiro atoms. The van der Waals surface area contributed by atoms with Gasteiger partial charge < -0.3 is 15.4 Å². The van der Waals surface area contributed by atoms with Gasteiger partial charge in [0.25, 0.3) is 0 Å². The van der Waals surface area contributed by atoms with Crippen molar-refractivity contribution in [1.29, 1.82) is 0 Å². The fourth-order valence-electron chi connectivity index (χ4n) is 1.84. The Morgan fingerprint density at radius 1 is 1.16 bits per heavy atom. The molecule has 1 aliphatic carbocycles. The van der Waals surface area contributed by atoms with Crippen LogP contribution in [0.25, 0.3) is 0 Å². The highest BCUT2D eigenvalue weighted by molar-refractivity contribution is 5.36. The predicted octanol–water partition coefficient (Wildman–Crippen LogP) is 2.30. The molecule has 0 saturated heterocycles. The summed E-state index contributed by atoms with van der Waals surface area (Å²) in [4.78, 5) is 12.9. The van der Waals surface area contributed by atoms with Crippen molar-refractivity contribution in [1.82, 2.24) is 15.0 Å². The Balaban J connectivity index is 2.12. The molecule has 0 amide bonds. The van der Waals surface area contributed by atoms with Crippen LogP contribution in [0, 0.1) is 5.92 Å². The minimum absolute atomic E-state index is 0.0468. The molecule has 6 heteroatoms. The van der Waals surface area contributed by atoms with Gasteiger partial charge in [0, 0.05) is 12.6 Å². The Labute approximate surface area is 114 Å². The van der Waals surface area contributed by atoms with Crippen LogP contribution >= 0.6 is 0 Å². The molecule has 2 N–H and O–H groups in total. The van der Waals surface area contributed by atoms with Gasteiger partial charge in [-0.3, -0.25) is 0 Å². The van der Waals surface area contributed by atoms with E-state index in [-0.39, 0.29) is 6.10 Å². The second-order valence-corrected chi connectivity index (χ2v) is 5.23. The first-order valence-corrected chi connectivity index (χ1v) is 7.01. The van der Waals surface area contributed by atoms with Crippen molar-refractivity contribution in [3.8, 4) is 6.01 Å². The van der Waals surface area contributed by atoms with Gasteiger partial charge in [-0.25, -0.2) is 0 Å². The van der Waals surface area contributed by atoms with Crippen LogP contribution in [0.15, 0.2) is 0 Å². The maximum Gasteiger partial charge on any atom is 0.323 e. The standard InChI is InChI=1S/C13H23N5O/c1-5-14-11-16-12(15-9(4)10-6-7-10)18-13(17-11)19-8(2)3/h8-10H,5-7H2,1-4H3,(H2,14,15,16,17,18). The van der Waals surface area contributed by atoms with E-state index >= 15 is 0 Å². The summed E-state index contributed by atoms with van der Waals surface area (Å²) in [7, 11) is 0. The first-order valence-electron chi connectivity index (χ1n) is 7.01. The number of aromatic nitrogens is 3. The molecule has 19 heavy (non-hydrogen) atoms. The number of nitrogens with one attached hydrogen (secondary N) is 2. The van der Waals surface area contributed by atoms with Gasteiger partial charge in [-0.15, -0.1) is 0 Å². The van der Waals surface area contributed by atoms with Gasteiger partial charge in [-0.05, 0) is 46.5 Å². The fourth-order valence-corrected chi connectivity index (χ4v) is 1.84. The number of hydrogen-bond donors (Lipinski definition) is 2. The van der Waals surface area contributed by atoms with E-state index in [1.54, 1.807) is 0 Å². The zero-order valence-electron chi connectivity index (χ0n) is 12.1. The van der Waals surface area contributed by atoms with Crippen LogP contribution in [-0.2, 0) is 0 Å². The second kappa shape index (κ2) is 6.04. The fraction of sp³-hybridized carbons (Fsp3) is 0.769. The zero-order chi connectivity index (χ0) is 13.8. The largest absolute Gasteiger partial charge is 0.461 e. The first kappa shape index (κ1) is 13.8. The van der Waals surface area contributed by atoms with Gasteiger partial charge in [0.1, 0.15) is 0 Å². The third-order valence-electron chi connectivity index (χ3n) is 2.98. The van der Waals surface area contributed by atoms with E-state index in [1.165, 1.54) is 12.8 Å². The molecule has 0 aromatic carbocycles. The van der Waals surface area contributed by atoms with Crippen LogP contribution in [0.5, 0.6) is 6.01 Å². The Hall–Kier alpha value is -1.59. The van der Waals surface area contributed by atoms with Crippen LogP contribution in [-0.4, -0.2) is 33.6 Å². The summed E-state index contributed by atoms with van der Waals surface area (Å²) in [6.45, 7) is 8.85. The topological polar surface area (TPSA) is 72.0 Å². The highest BCUT2D eigenvalue weighted by Crippen LogP contribution is 2.33. The van der Waals surface area contributed by atoms with E-state index in [4.69, 9.17) is 4.74 Å². The molecule has 0 bridgehead atoms. The maximum absolute atomic E-state index is 5.56. The smallest absolute Gasteiger partial charge is 0.323 e. The average Bonchev–Trinajstić information content (AvgIpc) is 3.11. The van der Waals surface area contributed by atoms with Crippen molar-refractivity contribution >= 4 is 11.9 Å². The van der Waals surface area contributed by atoms with E-state index in [0.717, 1.165) is 12.5 Å². The molecule has 1 fully saturated rings. The molecule has 1 aromatic heterocycles. The lowest BCUT2D eigenvalue weighted by molar-refractivity contribution is 0.222. The van der Waals surface area contributed by atoms with Gasteiger partial charge in [0.2, 0.25) is 11.9 Å². The van der Waals surface area contributed by atoms with Crippen molar-refractivity contribution in [2.45, 2.75) is 52.7 Å². The molecule has 1 heterocycles. The van der Waals surface area contributed by atoms with Gasteiger partial charge >= 0.3 is 6.01 Å². The van der Waals surface area contributed by atoms with Crippen LogP contribution in [0.2, 0.25) is 0 Å². The van der Waals surface area contributed by atoms with Crippen LogP contribution in [0.1, 0.15) is 40.5 Å². The minimum Gasteiger partial charge on any atom is -0.461 e. The minimum atomic E-state index is 0.0468. The first-order chi connectivity index (χ1) is 9.08. The van der Waals surface area contributed by atoms with E-state index in [2.05, 4.69) is 32.5 Å². The summed E-state index contributed by atoms with van der Waals surface area (Å²) in [6.07, 6.45) is 2.62. The summed E-state index contributed by atoms with van der Waals surface area (Å²) >= 11 is 0. The third kappa shape index (κ3) is 4.22. The predicted molar refractivity (Wildman–Crippen MR) is 75.6 cm³/mol. The summed E-state index contributed by atoms with van der Waals surface area (Å²) in [5, 5.41) is 6.43. The van der Waals surface area contributed by atoms with Crippen molar-refractivity contribution < 1.29 is 4.74 Å². The summed E-state index contributed by atoms with van der Waals surface area (Å²) in [6, 6.07) is 0.759. The summed E-state index contributed by atoms with van der Waals surface area (Å²) in [5.41, 5.74) is 0. The molecule has 6 nitrogen and oxygen atoms in total. The number of rotatable bonds is 7. The van der Waals surface area contributed by atoms with E-state index in [9.17, 15) is 0 Å². The normalized spacial score (nSPS) is 16.3. The van der Waals surface area contributed by atoms with E-state index in [0.29, 0.717) is 23.9 Å². The van der Waals surface area contributed by atoms with Gasteiger partial charge in [-0.1, -0.05) is 0 Å². The third-order valence-corrected chi connectivity index (χ3v) is 2.98. The summed E-state index contributed by atoms with van der Waals surface area (Å²) < 4.78 is 5.56. The lowest BCUT2D eigenvalue weighted by Gasteiger charge is -2.15. The van der Waals surface area contributed by atoms with Crippen molar-refractivity contribution in [2.75, 3.05) is 17.2 Å². The number of nitrogens with zero attached hydrogens (tertiary/aromatic N) is 3. The average molecular weight is 265 g/mol. The zero-order valence-corrected chi connectivity index (χ0v) is 12.1. The Kier molecular flexibility index (Phi) is 4.39. The number of ether oxygens (including phenoxy) is 1. The second-order valence-electron chi connectivity index (χ2n) is 5.23. The molecule has 106 valence electrons. The molecular weight excluding hydrogens is 242 g/mol. The Morgan fingerprint density at radius 3 is 2.42 bits per heavy atom. The number of hydrogen-bond acceptors (Lipinski definition) is 6.